The fourth-order valence-electron chi connectivity index (χ4n) is 2.81. The number of carbonyl (C=O) groups is 2. The van der Waals surface area contributed by atoms with Crippen LogP contribution in [0.2, 0.25) is 0 Å². The second-order valence-corrected chi connectivity index (χ2v) is 6.76. The Balaban J connectivity index is 1.63. The summed E-state index contributed by atoms with van der Waals surface area (Å²) in [5.41, 5.74) is 2.65. The van der Waals surface area contributed by atoms with E-state index in [1.54, 1.807) is 48.5 Å². The van der Waals surface area contributed by atoms with E-state index in [4.69, 9.17) is 14.2 Å². The maximum atomic E-state index is 12.3. The topological polar surface area (TPSA) is 102 Å². The van der Waals surface area contributed by atoms with Crippen molar-refractivity contribution >= 4 is 11.9 Å². The molecule has 0 amide bonds. The zero-order chi connectivity index (χ0) is 20.3. The Morgan fingerprint density at radius 1 is 0.893 bits per heavy atom. The normalized spacial score (nSPS) is 24.0. The molecule has 0 saturated carbocycles. The van der Waals surface area contributed by atoms with Crippen LogP contribution in [0.25, 0.3) is 0 Å². The van der Waals surface area contributed by atoms with Gasteiger partial charge in [0.25, 0.3) is 0 Å². The van der Waals surface area contributed by atoms with Gasteiger partial charge < -0.3 is 24.4 Å². The quantitative estimate of drug-likeness (QED) is 0.755. The van der Waals surface area contributed by atoms with Crippen LogP contribution < -0.4 is 0 Å². The molecule has 7 heteroatoms. The van der Waals surface area contributed by atoms with Gasteiger partial charge in [-0.05, 0) is 38.1 Å². The molecule has 0 aromatic heterocycles. The fourth-order valence-corrected chi connectivity index (χ4v) is 2.81. The molecule has 0 spiro atoms. The van der Waals surface area contributed by atoms with E-state index in [2.05, 4.69) is 0 Å². The Labute approximate surface area is 162 Å². The molecule has 0 aliphatic carbocycles. The Kier molecular flexibility index (Phi) is 6.08. The minimum atomic E-state index is -1.54. The van der Waals surface area contributed by atoms with E-state index in [9.17, 15) is 19.8 Å². The molecule has 2 N–H and O–H groups in total. The Bertz CT molecular complexity index is 829. The summed E-state index contributed by atoms with van der Waals surface area (Å²) in [6, 6.07) is 13.5. The van der Waals surface area contributed by atoms with E-state index in [1.165, 1.54) is 0 Å². The summed E-state index contributed by atoms with van der Waals surface area (Å²) < 4.78 is 15.7. The average molecular weight is 386 g/mol. The van der Waals surface area contributed by atoms with Crippen LogP contribution in [0.15, 0.2) is 48.5 Å². The monoisotopic (exact) mass is 386 g/mol. The number of hydrogen-bond acceptors (Lipinski definition) is 7. The van der Waals surface area contributed by atoms with Crippen LogP contribution in [0.1, 0.15) is 31.8 Å². The van der Waals surface area contributed by atoms with Crippen LogP contribution in [-0.2, 0) is 14.2 Å². The average Bonchev–Trinajstić information content (AvgIpc) is 2.95. The number of ether oxygens (including phenoxy) is 3. The van der Waals surface area contributed by atoms with Crippen LogP contribution in [0.4, 0.5) is 0 Å². The van der Waals surface area contributed by atoms with Crippen molar-refractivity contribution in [3.8, 4) is 0 Å². The van der Waals surface area contributed by atoms with Crippen molar-refractivity contribution in [2.75, 3.05) is 6.61 Å². The molecular weight excluding hydrogens is 364 g/mol. The number of hydrogen-bond donors (Lipinski definition) is 2. The maximum absolute atomic E-state index is 12.3. The molecular formula is C21H22O7. The van der Waals surface area contributed by atoms with Crippen LogP contribution in [0, 0.1) is 13.8 Å². The number of aryl methyl sites for hydroxylation is 2. The molecule has 1 fully saturated rings. The molecule has 3 rings (SSSR count). The van der Waals surface area contributed by atoms with Crippen molar-refractivity contribution in [3.05, 3.63) is 70.8 Å². The molecule has 2 aromatic rings. The molecule has 1 aliphatic heterocycles. The summed E-state index contributed by atoms with van der Waals surface area (Å²) in [5.74, 6) is -1.25. The highest BCUT2D eigenvalue weighted by atomic mass is 16.7. The zero-order valence-corrected chi connectivity index (χ0v) is 15.6. The summed E-state index contributed by atoms with van der Waals surface area (Å²) in [7, 11) is 0. The lowest BCUT2D eigenvalue weighted by Gasteiger charge is -2.20. The van der Waals surface area contributed by atoms with Crippen molar-refractivity contribution in [1.29, 1.82) is 0 Å². The van der Waals surface area contributed by atoms with Gasteiger partial charge >= 0.3 is 11.9 Å². The number of esters is 2. The summed E-state index contributed by atoms with van der Waals surface area (Å²) in [6.45, 7) is 3.50. The zero-order valence-electron chi connectivity index (χ0n) is 15.6. The van der Waals surface area contributed by atoms with Crippen LogP contribution in [0.3, 0.4) is 0 Å². The van der Waals surface area contributed by atoms with Crippen molar-refractivity contribution < 1.29 is 34.0 Å². The van der Waals surface area contributed by atoms with Crippen molar-refractivity contribution in [2.45, 2.75) is 38.4 Å². The summed E-state index contributed by atoms with van der Waals surface area (Å²) >= 11 is 0. The highest BCUT2D eigenvalue weighted by Crippen LogP contribution is 2.24. The smallest absolute Gasteiger partial charge is 0.338 e. The molecule has 7 nitrogen and oxygen atoms in total. The lowest BCUT2D eigenvalue weighted by molar-refractivity contribution is -0.133. The van der Waals surface area contributed by atoms with Crippen molar-refractivity contribution in [3.63, 3.8) is 0 Å². The molecule has 0 radical (unpaired) electrons. The molecule has 148 valence electrons. The lowest BCUT2D eigenvalue weighted by atomic mass is 10.1. The Hall–Kier alpha value is -2.74. The molecule has 1 heterocycles. The first-order chi connectivity index (χ1) is 13.3. The molecule has 0 bridgehead atoms. The van der Waals surface area contributed by atoms with E-state index in [1.807, 2.05) is 13.8 Å². The number of carbonyl (C=O) groups excluding carboxylic acids is 2. The minimum Gasteiger partial charge on any atom is -0.459 e. The van der Waals surface area contributed by atoms with Gasteiger partial charge in [0, 0.05) is 0 Å². The predicted octanol–water partition coefficient (Wildman–Crippen LogP) is 1.76. The van der Waals surface area contributed by atoms with Crippen molar-refractivity contribution in [1.82, 2.24) is 0 Å². The molecule has 28 heavy (non-hydrogen) atoms. The van der Waals surface area contributed by atoms with Gasteiger partial charge in [-0.1, -0.05) is 35.4 Å². The lowest BCUT2D eigenvalue weighted by Crippen LogP contribution is -2.39. The Morgan fingerprint density at radius 3 is 1.93 bits per heavy atom. The van der Waals surface area contributed by atoms with Crippen molar-refractivity contribution in [2.24, 2.45) is 0 Å². The van der Waals surface area contributed by atoms with E-state index in [-0.39, 0.29) is 6.61 Å². The number of rotatable bonds is 5. The first-order valence-corrected chi connectivity index (χ1v) is 8.88. The van der Waals surface area contributed by atoms with Crippen LogP contribution in [-0.4, -0.2) is 53.4 Å². The second-order valence-electron chi connectivity index (χ2n) is 6.76. The van der Waals surface area contributed by atoms with Gasteiger partial charge in [-0.2, -0.15) is 0 Å². The van der Waals surface area contributed by atoms with Gasteiger partial charge in [0.05, 0.1) is 11.1 Å². The molecule has 2 aromatic carbocycles. The summed E-state index contributed by atoms with van der Waals surface area (Å²) in [6.07, 6.45) is -5.15. The largest absolute Gasteiger partial charge is 0.459 e. The van der Waals surface area contributed by atoms with Crippen LogP contribution >= 0.6 is 0 Å². The SMILES string of the molecule is Cc1ccc(C(=O)OCC2O[C@@H](O)[C@@H](O)[C@@H]2OC(=O)c2ccc(C)cc2)cc1. The molecule has 1 aliphatic rings. The van der Waals surface area contributed by atoms with E-state index in [0.717, 1.165) is 11.1 Å². The highest BCUT2D eigenvalue weighted by molar-refractivity contribution is 5.90. The first kappa shape index (κ1) is 20.0. The summed E-state index contributed by atoms with van der Waals surface area (Å²) in [5, 5.41) is 19.9. The third kappa shape index (κ3) is 4.56. The molecule has 1 unspecified atom stereocenters. The van der Waals surface area contributed by atoms with E-state index >= 15 is 0 Å². The van der Waals surface area contributed by atoms with Gasteiger partial charge in [-0.3, -0.25) is 0 Å². The van der Waals surface area contributed by atoms with E-state index in [0.29, 0.717) is 11.1 Å². The second kappa shape index (κ2) is 8.52. The maximum Gasteiger partial charge on any atom is 0.338 e. The van der Waals surface area contributed by atoms with Gasteiger partial charge in [0.1, 0.15) is 18.8 Å². The molecule has 4 atom stereocenters. The molecule has 1 saturated heterocycles. The van der Waals surface area contributed by atoms with Gasteiger partial charge in [-0.25, -0.2) is 9.59 Å². The third-order valence-electron chi connectivity index (χ3n) is 4.51. The minimum absolute atomic E-state index is 0.285. The number of aliphatic hydroxyl groups excluding tert-OH is 2. The van der Waals surface area contributed by atoms with Crippen LogP contribution in [0.5, 0.6) is 0 Å². The van der Waals surface area contributed by atoms with Gasteiger partial charge in [0.15, 0.2) is 12.4 Å². The summed E-state index contributed by atoms with van der Waals surface area (Å²) in [4.78, 5) is 24.5. The third-order valence-corrected chi connectivity index (χ3v) is 4.51. The van der Waals surface area contributed by atoms with Gasteiger partial charge in [0.2, 0.25) is 0 Å². The fraction of sp³-hybridized carbons (Fsp3) is 0.333. The Morgan fingerprint density at radius 2 is 1.39 bits per heavy atom. The van der Waals surface area contributed by atoms with E-state index < -0.39 is 36.5 Å². The first-order valence-electron chi connectivity index (χ1n) is 8.88. The highest BCUT2D eigenvalue weighted by Gasteiger charge is 2.46. The number of benzene rings is 2. The van der Waals surface area contributed by atoms with Gasteiger partial charge in [-0.15, -0.1) is 0 Å². The predicted molar refractivity (Wildman–Crippen MR) is 98.7 cm³/mol. The number of aliphatic hydroxyl groups is 2. The standard InChI is InChI=1S/C21H22O7/c1-12-3-7-14(8-4-12)19(23)26-11-16-18(17(22)21(25)27-16)28-20(24)15-9-5-13(2)6-10-15/h3-10,16-18,21-22,25H,11H2,1-2H3/t16?,17-,18+,21+/m0/s1.